The second kappa shape index (κ2) is 7.42. The van der Waals surface area contributed by atoms with Gasteiger partial charge in [-0.05, 0) is 32.1 Å². The number of carbonyl (C=O) groups is 1. The van der Waals surface area contributed by atoms with Gasteiger partial charge in [0.25, 0.3) is 0 Å². The summed E-state index contributed by atoms with van der Waals surface area (Å²) in [5, 5.41) is 0. The fourth-order valence-corrected chi connectivity index (χ4v) is 3.54. The number of hydrogen-bond acceptors (Lipinski definition) is 4. The van der Waals surface area contributed by atoms with Crippen LogP contribution in [0.25, 0.3) is 0 Å². The molecule has 0 aromatic heterocycles. The van der Waals surface area contributed by atoms with Crippen LogP contribution in [0.15, 0.2) is 24.3 Å². The van der Waals surface area contributed by atoms with Crippen LogP contribution in [0.2, 0.25) is 0 Å². The van der Waals surface area contributed by atoms with E-state index >= 15 is 0 Å². The minimum atomic E-state index is -3.30. The van der Waals surface area contributed by atoms with Gasteiger partial charge in [-0.3, -0.25) is 4.79 Å². The molecule has 128 valence electrons. The van der Waals surface area contributed by atoms with E-state index in [0.717, 1.165) is 12.1 Å². The van der Waals surface area contributed by atoms with E-state index in [1.54, 1.807) is 4.90 Å². The van der Waals surface area contributed by atoms with Crippen LogP contribution in [0.1, 0.15) is 12.0 Å². The van der Waals surface area contributed by atoms with Crippen LogP contribution >= 0.6 is 0 Å². The molecule has 1 amide bonds. The summed E-state index contributed by atoms with van der Waals surface area (Å²) in [5.41, 5.74) is 2.13. The number of hydrogen-bond donors (Lipinski definition) is 0. The third kappa shape index (κ3) is 4.76. The smallest absolute Gasteiger partial charge is 0.228 e. The first-order valence-electron chi connectivity index (χ1n) is 7.77. The molecule has 0 N–H and O–H groups in total. The molecule has 6 nitrogen and oxygen atoms in total. The fraction of sp³-hybridized carbons (Fsp3) is 0.562. The Kier molecular flexibility index (Phi) is 5.78. The van der Waals surface area contributed by atoms with Crippen molar-refractivity contribution in [2.75, 3.05) is 51.4 Å². The van der Waals surface area contributed by atoms with Gasteiger partial charge in [0.2, 0.25) is 15.9 Å². The summed E-state index contributed by atoms with van der Waals surface area (Å²) in [6.45, 7) is 1.93. The number of sulfonamides is 1. The molecule has 0 atom stereocenters. The molecular weight excluding hydrogens is 314 g/mol. The molecule has 1 aliphatic heterocycles. The highest BCUT2D eigenvalue weighted by Gasteiger charge is 2.25. The monoisotopic (exact) mass is 339 g/mol. The predicted molar refractivity (Wildman–Crippen MR) is 92.1 cm³/mol. The Hall–Kier alpha value is -1.44. The minimum absolute atomic E-state index is 0.0200. The predicted octanol–water partition coefficient (Wildman–Crippen LogP) is 0.789. The van der Waals surface area contributed by atoms with Crippen molar-refractivity contribution >= 4 is 21.6 Å². The lowest BCUT2D eigenvalue weighted by Gasteiger charge is -2.23. The summed E-state index contributed by atoms with van der Waals surface area (Å²) in [4.78, 5) is 16.2. The van der Waals surface area contributed by atoms with Crippen molar-refractivity contribution in [3.63, 3.8) is 0 Å². The maximum Gasteiger partial charge on any atom is 0.228 e. The molecule has 0 spiro atoms. The largest absolute Gasteiger partial charge is 0.312 e. The van der Waals surface area contributed by atoms with Gasteiger partial charge in [0.05, 0.1) is 6.26 Å². The Bertz CT molecular complexity index is 658. The lowest BCUT2D eigenvalue weighted by molar-refractivity contribution is -0.118. The van der Waals surface area contributed by atoms with E-state index in [2.05, 4.69) is 0 Å². The van der Waals surface area contributed by atoms with Crippen molar-refractivity contribution in [1.29, 1.82) is 0 Å². The quantitative estimate of drug-likeness (QED) is 0.737. The molecule has 1 aromatic carbocycles. The molecule has 7 heteroatoms. The number of rotatable bonds is 7. The molecule has 1 aromatic rings. The first kappa shape index (κ1) is 17.9. The number of carbonyl (C=O) groups excluding carboxylic acids is 1. The number of anilines is 1. The average Bonchev–Trinajstić information content (AvgIpc) is 2.89. The van der Waals surface area contributed by atoms with E-state index in [0.29, 0.717) is 19.6 Å². The van der Waals surface area contributed by atoms with Gasteiger partial charge in [0, 0.05) is 38.3 Å². The molecule has 0 radical (unpaired) electrons. The van der Waals surface area contributed by atoms with Crippen LogP contribution < -0.4 is 4.90 Å². The minimum Gasteiger partial charge on any atom is -0.312 e. The molecule has 0 aliphatic carbocycles. The van der Waals surface area contributed by atoms with E-state index < -0.39 is 10.0 Å². The average molecular weight is 339 g/mol. The van der Waals surface area contributed by atoms with Crippen LogP contribution in [-0.2, 0) is 21.2 Å². The van der Waals surface area contributed by atoms with Gasteiger partial charge >= 0.3 is 0 Å². The number of para-hydroxylation sites is 1. The van der Waals surface area contributed by atoms with E-state index in [1.165, 1.54) is 16.1 Å². The van der Waals surface area contributed by atoms with Crippen LogP contribution in [-0.4, -0.2) is 70.1 Å². The number of likely N-dealkylation sites (N-methyl/N-ethyl adjacent to an activating group) is 1. The number of nitrogens with zero attached hydrogens (tertiary/aromatic N) is 3. The van der Waals surface area contributed by atoms with Crippen molar-refractivity contribution in [3.05, 3.63) is 29.8 Å². The van der Waals surface area contributed by atoms with E-state index in [9.17, 15) is 13.2 Å². The second-order valence-electron chi connectivity index (χ2n) is 6.14. The molecule has 1 aliphatic rings. The van der Waals surface area contributed by atoms with Crippen LogP contribution in [0.3, 0.4) is 0 Å². The van der Waals surface area contributed by atoms with Gasteiger partial charge < -0.3 is 9.80 Å². The van der Waals surface area contributed by atoms with Gasteiger partial charge in [0.1, 0.15) is 0 Å². The zero-order valence-electron chi connectivity index (χ0n) is 14.0. The number of benzene rings is 1. The van der Waals surface area contributed by atoms with Crippen molar-refractivity contribution in [2.45, 2.75) is 12.8 Å². The maximum absolute atomic E-state index is 12.5. The van der Waals surface area contributed by atoms with Gasteiger partial charge in [-0.15, -0.1) is 0 Å². The first-order chi connectivity index (χ1) is 10.8. The lowest BCUT2D eigenvalue weighted by Crippen LogP contribution is -2.39. The van der Waals surface area contributed by atoms with Crippen molar-refractivity contribution < 1.29 is 13.2 Å². The normalized spacial score (nSPS) is 14.6. The zero-order valence-corrected chi connectivity index (χ0v) is 14.8. The molecule has 2 rings (SSSR count). The van der Waals surface area contributed by atoms with Gasteiger partial charge in [-0.1, -0.05) is 18.2 Å². The van der Waals surface area contributed by atoms with Gasteiger partial charge in [0.15, 0.2) is 0 Å². The third-order valence-corrected chi connectivity index (χ3v) is 5.33. The molecular formula is C16H25N3O3S. The Morgan fingerprint density at radius 1 is 1.17 bits per heavy atom. The molecule has 23 heavy (non-hydrogen) atoms. The van der Waals surface area contributed by atoms with E-state index in [1.807, 2.05) is 43.3 Å². The summed E-state index contributed by atoms with van der Waals surface area (Å²) < 4.78 is 25.1. The highest BCUT2D eigenvalue weighted by atomic mass is 32.2. The van der Waals surface area contributed by atoms with Crippen molar-refractivity contribution in [3.8, 4) is 0 Å². The Balaban J connectivity index is 1.97. The summed E-state index contributed by atoms with van der Waals surface area (Å²) in [5.74, 6) is -0.0200. The van der Waals surface area contributed by atoms with Crippen molar-refractivity contribution in [1.82, 2.24) is 9.21 Å². The maximum atomic E-state index is 12.5. The second-order valence-corrected chi connectivity index (χ2v) is 8.12. The number of amides is 1. The SMILES string of the molecule is CN(C)CCN(CCC(=O)N1CCc2ccccc21)S(C)(=O)=O. The standard InChI is InChI=1S/C16H25N3O3S/c1-17(2)12-13-18(23(3,21)22)10-9-16(20)19-11-8-14-6-4-5-7-15(14)19/h4-7H,8-13H2,1-3H3. The summed E-state index contributed by atoms with van der Waals surface area (Å²) in [7, 11) is 0.487. The molecule has 0 unspecified atom stereocenters. The van der Waals surface area contributed by atoms with Crippen molar-refractivity contribution in [2.24, 2.45) is 0 Å². The third-order valence-electron chi connectivity index (χ3n) is 4.03. The van der Waals surface area contributed by atoms with Crippen LogP contribution in [0, 0.1) is 0 Å². The Morgan fingerprint density at radius 2 is 1.87 bits per heavy atom. The molecule has 0 bridgehead atoms. The Labute approximate surface area is 138 Å². The first-order valence-corrected chi connectivity index (χ1v) is 9.62. The summed E-state index contributed by atoms with van der Waals surface area (Å²) in [6.07, 6.45) is 2.26. The number of fused-ring (bicyclic) bond motifs is 1. The zero-order chi connectivity index (χ0) is 17.0. The van der Waals surface area contributed by atoms with E-state index in [4.69, 9.17) is 0 Å². The molecule has 0 fully saturated rings. The fourth-order valence-electron chi connectivity index (χ4n) is 2.71. The van der Waals surface area contributed by atoms with E-state index in [-0.39, 0.29) is 18.9 Å². The molecule has 0 saturated heterocycles. The Morgan fingerprint density at radius 3 is 2.52 bits per heavy atom. The topological polar surface area (TPSA) is 60.9 Å². The van der Waals surface area contributed by atoms with Gasteiger partial charge in [-0.2, -0.15) is 0 Å². The van der Waals surface area contributed by atoms with Crippen LogP contribution in [0.4, 0.5) is 5.69 Å². The lowest BCUT2D eigenvalue weighted by atomic mass is 10.2. The molecule has 0 saturated carbocycles. The van der Waals surface area contributed by atoms with Gasteiger partial charge in [-0.25, -0.2) is 12.7 Å². The summed E-state index contributed by atoms with van der Waals surface area (Å²) in [6, 6.07) is 7.87. The molecule has 1 heterocycles. The van der Waals surface area contributed by atoms with Crippen LogP contribution in [0.5, 0.6) is 0 Å². The summed E-state index contributed by atoms with van der Waals surface area (Å²) >= 11 is 0. The highest BCUT2D eigenvalue weighted by Crippen LogP contribution is 2.27. The highest BCUT2D eigenvalue weighted by molar-refractivity contribution is 7.88.